The largest absolute Gasteiger partial charge is 0.329 e. The fraction of sp³-hybridized carbons (Fsp3) is 0.538. The minimum atomic E-state index is -0.481. The van der Waals surface area contributed by atoms with E-state index in [1.165, 1.54) is 0 Å². The van der Waals surface area contributed by atoms with E-state index in [-0.39, 0.29) is 30.7 Å². The summed E-state index contributed by atoms with van der Waals surface area (Å²) in [5.41, 5.74) is 6.13. The topological polar surface area (TPSA) is 68.0 Å². The van der Waals surface area contributed by atoms with Crippen molar-refractivity contribution in [3.63, 3.8) is 0 Å². The monoisotopic (exact) mass is 307 g/mol. The Kier molecular flexibility index (Phi) is 9.84. The molecule has 0 aliphatic rings. The number of carbonyl (C=O) groups excluding carboxylic acids is 1. The molecule has 0 saturated heterocycles. The van der Waals surface area contributed by atoms with Crippen molar-refractivity contribution in [1.29, 1.82) is 0 Å². The van der Waals surface area contributed by atoms with E-state index >= 15 is 0 Å². The highest BCUT2D eigenvalue weighted by Gasteiger charge is 2.33. The molecule has 0 aromatic carbocycles. The average molecular weight is 308 g/mol. The molecule has 19 heavy (non-hydrogen) atoms. The molecule has 0 spiro atoms. The standard InChI is InChI=1S/C13H21N3O.2ClH/c1-4-13(5-2,9-14)12(17)16-11-8-6-7-10(3)15-11;;/h6-8H,4-5,9,14H2,1-3H3,(H,15,16,17);2*1H. The first-order chi connectivity index (χ1) is 8.07. The lowest BCUT2D eigenvalue weighted by Gasteiger charge is -2.28. The fourth-order valence-corrected chi connectivity index (χ4v) is 1.81. The Morgan fingerprint density at radius 1 is 1.32 bits per heavy atom. The predicted octanol–water partition coefficient (Wildman–Crippen LogP) is 2.94. The molecule has 0 unspecified atom stereocenters. The first kappa shape index (κ1) is 20.5. The Bertz CT molecular complexity index is 387. The van der Waals surface area contributed by atoms with Crippen LogP contribution in [0.15, 0.2) is 18.2 Å². The van der Waals surface area contributed by atoms with Gasteiger partial charge in [0.05, 0.1) is 5.41 Å². The molecule has 4 nitrogen and oxygen atoms in total. The summed E-state index contributed by atoms with van der Waals surface area (Å²) in [7, 11) is 0. The predicted molar refractivity (Wildman–Crippen MR) is 84.2 cm³/mol. The van der Waals surface area contributed by atoms with E-state index in [4.69, 9.17) is 5.73 Å². The second-order valence-corrected chi connectivity index (χ2v) is 4.31. The molecule has 0 saturated carbocycles. The van der Waals surface area contributed by atoms with E-state index in [1.54, 1.807) is 6.07 Å². The molecule has 0 fully saturated rings. The molecule has 0 aliphatic heterocycles. The number of amides is 1. The summed E-state index contributed by atoms with van der Waals surface area (Å²) >= 11 is 0. The highest BCUT2D eigenvalue weighted by Crippen LogP contribution is 2.26. The summed E-state index contributed by atoms with van der Waals surface area (Å²) < 4.78 is 0. The summed E-state index contributed by atoms with van der Waals surface area (Å²) in [4.78, 5) is 16.5. The van der Waals surface area contributed by atoms with E-state index in [2.05, 4.69) is 10.3 Å². The lowest BCUT2D eigenvalue weighted by Crippen LogP contribution is -2.41. The fourth-order valence-electron chi connectivity index (χ4n) is 1.81. The second kappa shape index (κ2) is 9.13. The van der Waals surface area contributed by atoms with Crippen molar-refractivity contribution in [3.8, 4) is 0 Å². The van der Waals surface area contributed by atoms with Gasteiger partial charge in [-0.2, -0.15) is 0 Å². The Balaban J connectivity index is 0. The molecule has 0 aliphatic carbocycles. The van der Waals surface area contributed by atoms with Crippen molar-refractivity contribution < 1.29 is 4.79 Å². The van der Waals surface area contributed by atoms with Crippen LogP contribution >= 0.6 is 24.8 Å². The van der Waals surface area contributed by atoms with E-state index in [0.717, 1.165) is 18.5 Å². The van der Waals surface area contributed by atoms with Crippen LogP contribution in [0.2, 0.25) is 0 Å². The van der Waals surface area contributed by atoms with Crippen LogP contribution in [-0.2, 0) is 4.79 Å². The van der Waals surface area contributed by atoms with E-state index in [0.29, 0.717) is 12.4 Å². The molecule has 1 aromatic rings. The third-order valence-corrected chi connectivity index (χ3v) is 3.36. The second-order valence-electron chi connectivity index (χ2n) is 4.31. The van der Waals surface area contributed by atoms with Gasteiger partial charge in [-0.1, -0.05) is 19.9 Å². The molecule has 1 rings (SSSR count). The van der Waals surface area contributed by atoms with Crippen LogP contribution < -0.4 is 11.1 Å². The maximum atomic E-state index is 12.2. The van der Waals surface area contributed by atoms with Crippen molar-refractivity contribution in [3.05, 3.63) is 23.9 Å². The van der Waals surface area contributed by atoms with Gasteiger partial charge in [0.1, 0.15) is 5.82 Å². The molecular weight excluding hydrogens is 285 g/mol. The Morgan fingerprint density at radius 2 is 1.89 bits per heavy atom. The van der Waals surface area contributed by atoms with Gasteiger partial charge < -0.3 is 11.1 Å². The van der Waals surface area contributed by atoms with Crippen LogP contribution in [0.3, 0.4) is 0 Å². The number of anilines is 1. The average Bonchev–Trinajstić information content (AvgIpc) is 2.32. The van der Waals surface area contributed by atoms with Gasteiger partial charge in [0, 0.05) is 12.2 Å². The minimum Gasteiger partial charge on any atom is -0.329 e. The van der Waals surface area contributed by atoms with Crippen LogP contribution in [0.25, 0.3) is 0 Å². The third-order valence-electron chi connectivity index (χ3n) is 3.36. The number of nitrogens with zero attached hydrogens (tertiary/aromatic N) is 1. The van der Waals surface area contributed by atoms with Crippen molar-refractivity contribution in [2.75, 3.05) is 11.9 Å². The van der Waals surface area contributed by atoms with Crippen LogP contribution in [0.1, 0.15) is 32.4 Å². The number of halogens is 2. The van der Waals surface area contributed by atoms with E-state index in [1.807, 2.05) is 32.9 Å². The normalized spacial score (nSPS) is 10.1. The van der Waals surface area contributed by atoms with Gasteiger partial charge >= 0.3 is 0 Å². The molecule has 0 atom stereocenters. The molecular formula is C13H23Cl2N3O. The van der Waals surface area contributed by atoms with Gasteiger partial charge in [0.15, 0.2) is 0 Å². The van der Waals surface area contributed by atoms with Gasteiger partial charge in [-0.25, -0.2) is 4.98 Å². The number of pyridine rings is 1. The zero-order chi connectivity index (χ0) is 12.9. The molecule has 0 bridgehead atoms. The summed E-state index contributed by atoms with van der Waals surface area (Å²) in [6.45, 7) is 6.22. The Labute approximate surface area is 127 Å². The van der Waals surface area contributed by atoms with E-state index in [9.17, 15) is 4.79 Å². The van der Waals surface area contributed by atoms with E-state index < -0.39 is 5.41 Å². The lowest BCUT2D eigenvalue weighted by molar-refractivity contribution is -0.125. The van der Waals surface area contributed by atoms with Gasteiger partial charge in [0.25, 0.3) is 0 Å². The van der Waals surface area contributed by atoms with Crippen molar-refractivity contribution >= 4 is 36.5 Å². The first-order valence-electron chi connectivity index (χ1n) is 6.03. The number of aryl methyl sites for hydroxylation is 1. The van der Waals surface area contributed by atoms with Crippen LogP contribution in [0.4, 0.5) is 5.82 Å². The summed E-state index contributed by atoms with van der Waals surface area (Å²) in [6.07, 6.45) is 1.47. The molecule has 6 heteroatoms. The number of rotatable bonds is 5. The number of carbonyl (C=O) groups is 1. The summed E-state index contributed by atoms with van der Waals surface area (Å²) in [5.74, 6) is 0.554. The number of hydrogen-bond donors (Lipinski definition) is 2. The Hall–Kier alpha value is -0.840. The van der Waals surface area contributed by atoms with Gasteiger partial charge in [-0.3, -0.25) is 4.79 Å². The SMILES string of the molecule is CCC(CC)(CN)C(=O)Nc1cccc(C)n1.Cl.Cl. The molecule has 1 aromatic heterocycles. The minimum absolute atomic E-state index is 0. The third kappa shape index (κ3) is 4.97. The number of nitrogens with two attached hydrogens (primary N) is 1. The van der Waals surface area contributed by atoms with Crippen LogP contribution in [-0.4, -0.2) is 17.4 Å². The molecule has 0 radical (unpaired) electrons. The Morgan fingerprint density at radius 3 is 2.32 bits per heavy atom. The zero-order valence-corrected chi connectivity index (χ0v) is 13.2. The van der Waals surface area contributed by atoms with Crippen molar-refractivity contribution in [2.24, 2.45) is 11.1 Å². The quantitative estimate of drug-likeness (QED) is 0.879. The number of hydrogen-bond acceptors (Lipinski definition) is 3. The summed E-state index contributed by atoms with van der Waals surface area (Å²) in [5, 5.41) is 2.85. The van der Waals surface area contributed by atoms with Gasteiger partial charge in [-0.15, -0.1) is 24.8 Å². The van der Waals surface area contributed by atoms with Crippen LogP contribution in [0.5, 0.6) is 0 Å². The highest BCUT2D eigenvalue weighted by molar-refractivity contribution is 5.94. The van der Waals surface area contributed by atoms with Crippen molar-refractivity contribution in [1.82, 2.24) is 4.98 Å². The maximum Gasteiger partial charge on any atom is 0.233 e. The maximum absolute atomic E-state index is 12.2. The molecule has 1 heterocycles. The van der Waals surface area contributed by atoms with Gasteiger partial charge in [-0.05, 0) is 31.9 Å². The lowest BCUT2D eigenvalue weighted by atomic mass is 9.81. The smallest absolute Gasteiger partial charge is 0.233 e. The zero-order valence-electron chi connectivity index (χ0n) is 11.6. The highest BCUT2D eigenvalue weighted by atomic mass is 35.5. The molecule has 1 amide bonds. The van der Waals surface area contributed by atoms with Gasteiger partial charge in [0.2, 0.25) is 5.91 Å². The number of aromatic nitrogens is 1. The van der Waals surface area contributed by atoms with Crippen LogP contribution in [0, 0.1) is 12.3 Å². The molecule has 3 N–H and O–H groups in total. The first-order valence-corrected chi connectivity index (χ1v) is 6.03. The number of nitrogens with one attached hydrogen (secondary N) is 1. The summed E-state index contributed by atoms with van der Waals surface area (Å²) in [6, 6.07) is 5.56. The molecule has 110 valence electrons. The van der Waals surface area contributed by atoms with Crippen molar-refractivity contribution in [2.45, 2.75) is 33.6 Å².